The number of aliphatic hydroxyl groups excluding tert-OH is 1. The number of hydrogen-bond acceptors (Lipinski definition) is 3. The van der Waals surface area contributed by atoms with Gasteiger partial charge in [-0.15, -0.1) is 0 Å². The molecule has 12 heavy (non-hydrogen) atoms. The molecule has 1 fully saturated rings. The van der Waals surface area contributed by atoms with Crippen molar-refractivity contribution in [3.05, 3.63) is 0 Å². The summed E-state index contributed by atoms with van der Waals surface area (Å²) in [7, 11) is 2.06. The highest BCUT2D eigenvalue weighted by molar-refractivity contribution is 4.95. The number of hydrogen-bond donors (Lipinski definition) is 2. The average Bonchev–Trinajstić information content (AvgIpc) is 2.70. The molecule has 0 bridgehead atoms. The zero-order valence-electron chi connectivity index (χ0n) is 7.92. The van der Waals surface area contributed by atoms with Gasteiger partial charge >= 0.3 is 0 Å². The first-order chi connectivity index (χ1) is 5.72. The third-order valence-corrected chi connectivity index (χ3v) is 2.72. The Morgan fingerprint density at radius 1 is 1.50 bits per heavy atom. The molecule has 1 aliphatic carbocycles. The summed E-state index contributed by atoms with van der Waals surface area (Å²) >= 11 is 0. The maximum Gasteiger partial charge on any atom is 0.0558 e. The molecule has 1 saturated carbocycles. The first kappa shape index (κ1) is 9.96. The van der Waals surface area contributed by atoms with Crippen molar-refractivity contribution in [2.45, 2.75) is 19.3 Å². The molecule has 1 aliphatic rings. The van der Waals surface area contributed by atoms with E-state index < -0.39 is 0 Å². The predicted molar refractivity (Wildman–Crippen MR) is 49.9 cm³/mol. The van der Waals surface area contributed by atoms with Gasteiger partial charge in [-0.2, -0.15) is 0 Å². The molecule has 0 spiro atoms. The van der Waals surface area contributed by atoms with Gasteiger partial charge in [0.1, 0.15) is 0 Å². The van der Waals surface area contributed by atoms with Crippen molar-refractivity contribution in [2.75, 3.05) is 33.3 Å². The molecule has 3 heteroatoms. The highest BCUT2D eigenvalue weighted by Gasteiger charge is 2.41. The lowest BCUT2D eigenvalue weighted by Gasteiger charge is -2.22. The van der Waals surface area contributed by atoms with Crippen LogP contribution in [0, 0.1) is 5.41 Å². The van der Waals surface area contributed by atoms with E-state index in [0.29, 0.717) is 5.41 Å². The molecule has 0 aliphatic heterocycles. The Balaban J connectivity index is 2.20. The van der Waals surface area contributed by atoms with E-state index in [4.69, 9.17) is 10.8 Å². The van der Waals surface area contributed by atoms with E-state index >= 15 is 0 Å². The second-order valence-corrected chi connectivity index (χ2v) is 4.00. The molecule has 0 unspecified atom stereocenters. The topological polar surface area (TPSA) is 49.5 Å². The third-order valence-electron chi connectivity index (χ3n) is 2.72. The average molecular weight is 172 g/mol. The summed E-state index contributed by atoms with van der Waals surface area (Å²) in [6, 6.07) is 0. The van der Waals surface area contributed by atoms with Gasteiger partial charge in [0, 0.05) is 13.1 Å². The number of aliphatic hydroxyl groups is 1. The summed E-state index contributed by atoms with van der Waals surface area (Å²) in [5, 5.41) is 8.72. The minimum Gasteiger partial charge on any atom is -0.395 e. The standard InChI is InChI=1S/C9H20N2O/c1-11(6-7-12)8-9(2-3-9)4-5-10/h12H,2-8,10H2,1H3. The fourth-order valence-corrected chi connectivity index (χ4v) is 1.79. The van der Waals surface area contributed by atoms with Gasteiger partial charge in [-0.1, -0.05) is 0 Å². The van der Waals surface area contributed by atoms with Crippen LogP contribution in [0.15, 0.2) is 0 Å². The van der Waals surface area contributed by atoms with Gasteiger partial charge in [0.05, 0.1) is 6.61 Å². The molecule has 0 atom stereocenters. The minimum atomic E-state index is 0.259. The van der Waals surface area contributed by atoms with Crippen molar-refractivity contribution < 1.29 is 5.11 Å². The first-order valence-corrected chi connectivity index (χ1v) is 4.72. The molecule has 0 aromatic carbocycles. The van der Waals surface area contributed by atoms with Crippen LogP contribution in [-0.4, -0.2) is 43.3 Å². The fraction of sp³-hybridized carbons (Fsp3) is 1.00. The molecule has 1 rings (SSSR count). The Morgan fingerprint density at radius 2 is 2.17 bits per heavy atom. The van der Waals surface area contributed by atoms with Crippen molar-refractivity contribution in [3.8, 4) is 0 Å². The Hall–Kier alpha value is -0.120. The van der Waals surface area contributed by atoms with E-state index in [1.807, 2.05) is 0 Å². The third kappa shape index (κ3) is 2.73. The first-order valence-electron chi connectivity index (χ1n) is 4.72. The van der Waals surface area contributed by atoms with Crippen LogP contribution in [0.25, 0.3) is 0 Å². The van der Waals surface area contributed by atoms with Gasteiger partial charge in [-0.05, 0) is 38.3 Å². The summed E-state index contributed by atoms with van der Waals surface area (Å²) in [4.78, 5) is 2.20. The van der Waals surface area contributed by atoms with Gasteiger partial charge in [0.15, 0.2) is 0 Å². The van der Waals surface area contributed by atoms with E-state index in [9.17, 15) is 0 Å². The smallest absolute Gasteiger partial charge is 0.0558 e. The lowest BCUT2D eigenvalue weighted by atomic mass is 10.0. The van der Waals surface area contributed by atoms with Crippen LogP contribution in [0.2, 0.25) is 0 Å². The summed E-state index contributed by atoms with van der Waals surface area (Å²) < 4.78 is 0. The van der Waals surface area contributed by atoms with E-state index in [1.54, 1.807) is 0 Å². The SMILES string of the molecule is CN(CCO)CC1(CCN)CC1. The largest absolute Gasteiger partial charge is 0.395 e. The summed E-state index contributed by atoms with van der Waals surface area (Å²) in [6.07, 6.45) is 3.78. The van der Waals surface area contributed by atoms with Crippen LogP contribution in [0.5, 0.6) is 0 Å². The van der Waals surface area contributed by atoms with Crippen LogP contribution >= 0.6 is 0 Å². The second-order valence-electron chi connectivity index (χ2n) is 4.00. The number of rotatable bonds is 6. The molecule has 0 heterocycles. The van der Waals surface area contributed by atoms with Gasteiger partial charge in [0.25, 0.3) is 0 Å². The monoisotopic (exact) mass is 172 g/mol. The van der Waals surface area contributed by atoms with Crippen LogP contribution in [0.1, 0.15) is 19.3 Å². The zero-order valence-corrected chi connectivity index (χ0v) is 7.92. The van der Waals surface area contributed by atoms with Crippen molar-refractivity contribution in [3.63, 3.8) is 0 Å². The van der Waals surface area contributed by atoms with Crippen molar-refractivity contribution in [1.29, 1.82) is 0 Å². The maximum atomic E-state index is 8.72. The van der Waals surface area contributed by atoms with Crippen LogP contribution in [0.4, 0.5) is 0 Å². The molecule has 3 N–H and O–H groups in total. The number of likely N-dealkylation sites (N-methyl/N-ethyl adjacent to an activating group) is 1. The molecular weight excluding hydrogens is 152 g/mol. The lowest BCUT2D eigenvalue weighted by molar-refractivity contribution is 0.193. The maximum absolute atomic E-state index is 8.72. The molecule has 3 nitrogen and oxygen atoms in total. The van der Waals surface area contributed by atoms with E-state index in [0.717, 1.165) is 26.1 Å². The highest BCUT2D eigenvalue weighted by atomic mass is 16.3. The molecule has 0 radical (unpaired) electrons. The molecule has 0 saturated heterocycles. The van der Waals surface area contributed by atoms with Gasteiger partial charge < -0.3 is 15.7 Å². The lowest BCUT2D eigenvalue weighted by Crippen LogP contribution is -2.30. The minimum absolute atomic E-state index is 0.259. The summed E-state index contributed by atoms with van der Waals surface area (Å²) in [5.74, 6) is 0. The number of nitrogens with two attached hydrogens (primary N) is 1. The second kappa shape index (κ2) is 4.21. The van der Waals surface area contributed by atoms with E-state index in [-0.39, 0.29) is 6.61 Å². The summed E-state index contributed by atoms with van der Waals surface area (Å²) in [6.45, 7) is 2.94. The Labute approximate surface area is 74.5 Å². The quantitative estimate of drug-likeness (QED) is 0.595. The fourth-order valence-electron chi connectivity index (χ4n) is 1.79. The molecule has 0 amide bonds. The number of nitrogens with zero attached hydrogens (tertiary/aromatic N) is 1. The molecule has 72 valence electrons. The Bertz CT molecular complexity index is 134. The van der Waals surface area contributed by atoms with Crippen molar-refractivity contribution >= 4 is 0 Å². The van der Waals surface area contributed by atoms with Crippen LogP contribution < -0.4 is 5.73 Å². The summed E-state index contributed by atoms with van der Waals surface area (Å²) in [5.41, 5.74) is 6.05. The van der Waals surface area contributed by atoms with Gasteiger partial charge in [-0.3, -0.25) is 0 Å². The highest BCUT2D eigenvalue weighted by Crippen LogP contribution is 2.48. The van der Waals surface area contributed by atoms with E-state index in [2.05, 4.69) is 11.9 Å². The predicted octanol–water partition coefficient (Wildman–Crippen LogP) is 0.0395. The molecule has 0 aromatic rings. The van der Waals surface area contributed by atoms with Crippen LogP contribution in [-0.2, 0) is 0 Å². The zero-order chi connectivity index (χ0) is 9.03. The van der Waals surface area contributed by atoms with Gasteiger partial charge in [0.2, 0.25) is 0 Å². The normalized spacial score (nSPS) is 20.0. The van der Waals surface area contributed by atoms with E-state index in [1.165, 1.54) is 12.8 Å². The molecular formula is C9H20N2O. The van der Waals surface area contributed by atoms with Crippen molar-refractivity contribution in [1.82, 2.24) is 4.90 Å². The van der Waals surface area contributed by atoms with Crippen LogP contribution in [0.3, 0.4) is 0 Å². The van der Waals surface area contributed by atoms with Crippen molar-refractivity contribution in [2.24, 2.45) is 11.1 Å². The molecule has 0 aromatic heterocycles. The van der Waals surface area contributed by atoms with Gasteiger partial charge in [-0.25, -0.2) is 0 Å². The Morgan fingerprint density at radius 3 is 2.58 bits per heavy atom. The Kier molecular flexibility index (Phi) is 3.50.